The highest BCUT2D eigenvalue weighted by Gasteiger charge is 2.35. The van der Waals surface area contributed by atoms with Crippen molar-refractivity contribution in [2.24, 2.45) is 0 Å². The number of hydrogen-bond acceptors (Lipinski definition) is 2. The lowest BCUT2D eigenvalue weighted by atomic mass is 10.1. The molecule has 0 atom stereocenters. The number of phenolic OH excluding ortho intramolecular Hbond substituents is 1. The van der Waals surface area contributed by atoms with Crippen LogP contribution >= 0.6 is 23.1 Å². The van der Waals surface area contributed by atoms with E-state index >= 15 is 0 Å². The second-order valence-electron chi connectivity index (χ2n) is 6.06. The average molecular weight is 423 g/mol. The minimum Gasteiger partial charge on any atom is -0.507 e. The van der Waals surface area contributed by atoms with E-state index in [1.807, 2.05) is 84.9 Å². The predicted molar refractivity (Wildman–Crippen MR) is 113 cm³/mol. The summed E-state index contributed by atoms with van der Waals surface area (Å²) in [7, 11) is -3.25. The molecule has 0 spiro atoms. The molecule has 0 fully saturated rings. The summed E-state index contributed by atoms with van der Waals surface area (Å²) in [5.74, 6) is 0.0339. The first-order valence-electron chi connectivity index (χ1n) is 8.24. The van der Waals surface area contributed by atoms with E-state index in [2.05, 4.69) is 15.9 Å². The smallest absolute Gasteiger partial charge is 0.175 e. The Labute approximate surface area is 160 Å². The number of rotatable bonds is 3. The van der Waals surface area contributed by atoms with Gasteiger partial charge in [-0.15, -0.1) is 0 Å². The van der Waals surface area contributed by atoms with E-state index in [4.69, 9.17) is 0 Å². The van der Waals surface area contributed by atoms with Crippen LogP contribution in [-0.2, 0) is 4.57 Å². The number of hydrogen-bond donors (Lipinski definition) is 1. The molecule has 1 N–H and O–H groups in total. The Morgan fingerprint density at radius 1 is 0.731 bits per heavy atom. The summed E-state index contributed by atoms with van der Waals surface area (Å²) in [5.41, 5.74) is 0. The third-order valence-electron chi connectivity index (χ3n) is 4.49. The molecule has 0 aliphatic rings. The van der Waals surface area contributed by atoms with Gasteiger partial charge in [0.15, 0.2) is 7.14 Å². The van der Waals surface area contributed by atoms with Gasteiger partial charge in [-0.2, -0.15) is 0 Å². The van der Waals surface area contributed by atoms with E-state index < -0.39 is 7.14 Å². The molecule has 0 radical (unpaired) electrons. The van der Waals surface area contributed by atoms with Crippen LogP contribution in [0, 0.1) is 0 Å². The molecule has 4 rings (SSSR count). The number of halogens is 1. The van der Waals surface area contributed by atoms with Gasteiger partial charge in [0, 0.05) is 15.1 Å². The number of phenols is 1. The Morgan fingerprint density at radius 2 is 1.23 bits per heavy atom. The summed E-state index contributed by atoms with van der Waals surface area (Å²) in [4.78, 5) is 0. The number of aromatic hydroxyl groups is 1. The summed E-state index contributed by atoms with van der Waals surface area (Å²) < 4.78 is 15.2. The molecular formula is C22H16BrO2P. The minimum atomic E-state index is -3.25. The van der Waals surface area contributed by atoms with Crippen molar-refractivity contribution >= 4 is 49.8 Å². The molecule has 4 aromatic carbocycles. The van der Waals surface area contributed by atoms with Gasteiger partial charge in [0.2, 0.25) is 0 Å². The lowest BCUT2D eigenvalue weighted by molar-refractivity contribution is 0.479. The van der Waals surface area contributed by atoms with E-state index in [1.165, 1.54) is 0 Å². The van der Waals surface area contributed by atoms with Crippen molar-refractivity contribution in [2.75, 3.05) is 0 Å². The zero-order chi connectivity index (χ0) is 18.1. The molecule has 0 saturated carbocycles. The maximum atomic E-state index is 14.5. The van der Waals surface area contributed by atoms with E-state index in [-0.39, 0.29) is 5.75 Å². The SMILES string of the molecule is O=P(c1ccccc1)(c1ccccc1)c1c(O)cc2ccccc2c1Br. The molecule has 4 aromatic rings. The van der Waals surface area contributed by atoms with Gasteiger partial charge in [-0.25, -0.2) is 0 Å². The second kappa shape index (κ2) is 6.75. The fraction of sp³-hybridized carbons (Fsp3) is 0. The molecule has 0 amide bonds. The van der Waals surface area contributed by atoms with Gasteiger partial charge in [-0.3, -0.25) is 0 Å². The van der Waals surface area contributed by atoms with Gasteiger partial charge in [0.05, 0.1) is 5.30 Å². The molecule has 4 heteroatoms. The molecule has 0 heterocycles. The molecular weight excluding hydrogens is 407 g/mol. The first kappa shape index (κ1) is 17.1. The van der Waals surface area contributed by atoms with Crippen molar-refractivity contribution in [1.29, 1.82) is 0 Å². The fourth-order valence-electron chi connectivity index (χ4n) is 3.26. The predicted octanol–water partition coefficient (Wildman–Crippen LogP) is 4.95. The van der Waals surface area contributed by atoms with Crippen LogP contribution in [0.15, 0.2) is 95.5 Å². The Hall–Kier alpha value is -2.35. The van der Waals surface area contributed by atoms with Crippen molar-refractivity contribution in [2.45, 2.75) is 0 Å². The summed E-state index contributed by atoms with van der Waals surface area (Å²) >= 11 is 3.63. The van der Waals surface area contributed by atoms with Crippen molar-refractivity contribution in [3.63, 3.8) is 0 Å². The second-order valence-corrected chi connectivity index (χ2v) is 9.55. The van der Waals surface area contributed by atoms with Crippen LogP contribution in [-0.4, -0.2) is 5.11 Å². The highest BCUT2D eigenvalue weighted by atomic mass is 79.9. The molecule has 128 valence electrons. The maximum Gasteiger partial charge on any atom is 0.175 e. The van der Waals surface area contributed by atoms with Crippen molar-refractivity contribution < 1.29 is 9.67 Å². The van der Waals surface area contributed by atoms with Crippen LogP contribution in [0.3, 0.4) is 0 Å². The summed E-state index contributed by atoms with van der Waals surface area (Å²) in [5, 5.41) is 14.5. The number of benzene rings is 4. The molecule has 26 heavy (non-hydrogen) atoms. The third kappa shape index (κ3) is 2.68. The molecule has 0 saturated heterocycles. The molecule has 0 unspecified atom stereocenters. The standard InChI is InChI=1S/C22H16BrO2P/c23-21-19-14-8-7-9-16(19)15-20(24)22(21)26(25,17-10-3-1-4-11-17)18-12-5-2-6-13-18/h1-15,24H. The zero-order valence-electron chi connectivity index (χ0n) is 13.8. The average Bonchev–Trinajstić information content (AvgIpc) is 2.69. The van der Waals surface area contributed by atoms with Crippen LogP contribution < -0.4 is 15.9 Å². The van der Waals surface area contributed by atoms with Crippen LogP contribution in [0.25, 0.3) is 10.8 Å². The highest BCUT2D eigenvalue weighted by molar-refractivity contribution is 9.11. The highest BCUT2D eigenvalue weighted by Crippen LogP contribution is 2.48. The maximum absolute atomic E-state index is 14.5. The number of fused-ring (bicyclic) bond motifs is 1. The lowest BCUT2D eigenvalue weighted by Gasteiger charge is -2.23. The van der Waals surface area contributed by atoms with E-state index in [9.17, 15) is 9.67 Å². The van der Waals surface area contributed by atoms with E-state index in [0.717, 1.165) is 10.8 Å². The Balaban J connectivity index is 2.12. The zero-order valence-corrected chi connectivity index (χ0v) is 16.3. The van der Waals surface area contributed by atoms with Crippen LogP contribution in [0.5, 0.6) is 5.75 Å². The van der Waals surface area contributed by atoms with E-state index in [1.54, 1.807) is 6.07 Å². The van der Waals surface area contributed by atoms with E-state index in [0.29, 0.717) is 20.4 Å². The fourth-order valence-corrected chi connectivity index (χ4v) is 7.36. The van der Waals surface area contributed by atoms with Crippen molar-refractivity contribution in [3.05, 3.63) is 95.5 Å². The molecule has 0 aliphatic heterocycles. The van der Waals surface area contributed by atoms with Gasteiger partial charge >= 0.3 is 0 Å². The first-order chi connectivity index (χ1) is 12.6. The molecule has 0 bridgehead atoms. The van der Waals surface area contributed by atoms with Crippen molar-refractivity contribution in [3.8, 4) is 5.75 Å². The van der Waals surface area contributed by atoms with Crippen molar-refractivity contribution in [1.82, 2.24) is 0 Å². The molecule has 2 nitrogen and oxygen atoms in total. The molecule has 0 aliphatic carbocycles. The topological polar surface area (TPSA) is 37.3 Å². The van der Waals surface area contributed by atoms with Crippen LogP contribution in [0.1, 0.15) is 0 Å². The van der Waals surface area contributed by atoms with Gasteiger partial charge in [-0.1, -0.05) is 84.9 Å². The Morgan fingerprint density at radius 3 is 1.81 bits per heavy atom. The van der Waals surface area contributed by atoms with Gasteiger partial charge in [0.25, 0.3) is 0 Å². The summed E-state index contributed by atoms with van der Waals surface area (Å²) in [6.45, 7) is 0. The molecule has 0 aromatic heterocycles. The van der Waals surface area contributed by atoms with Crippen LogP contribution in [0.4, 0.5) is 0 Å². The monoisotopic (exact) mass is 422 g/mol. The van der Waals surface area contributed by atoms with Gasteiger partial charge < -0.3 is 9.67 Å². The van der Waals surface area contributed by atoms with Crippen LogP contribution in [0.2, 0.25) is 0 Å². The Bertz CT molecular complexity index is 1080. The van der Waals surface area contributed by atoms with Gasteiger partial charge in [0.1, 0.15) is 5.75 Å². The largest absolute Gasteiger partial charge is 0.507 e. The third-order valence-corrected chi connectivity index (χ3v) is 8.76. The minimum absolute atomic E-state index is 0.0339. The summed E-state index contributed by atoms with van der Waals surface area (Å²) in [6, 6.07) is 28.1. The normalized spacial score (nSPS) is 11.6. The first-order valence-corrected chi connectivity index (χ1v) is 10.7. The van der Waals surface area contributed by atoms with Gasteiger partial charge in [-0.05, 0) is 32.8 Å². The summed E-state index contributed by atoms with van der Waals surface area (Å²) in [6.07, 6.45) is 0. The Kier molecular flexibility index (Phi) is 4.44. The lowest BCUT2D eigenvalue weighted by Crippen LogP contribution is -2.26. The quantitative estimate of drug-likeness (QED) is 0.474.